The number of anilines is 1. The third-order valence-corrected chi connectivity index (χ3v) is 4.59. The van der Waals surface area contributed by atoms with Crippen molar-refractivity contribution in [1.29, 1.82) is 0 Å². The summed E-state index contributed by atoms with van der Waals surface area (Å²) in [6.45, 7) is 2.42. The van der Waals surface area contributed by atoms with Gasteiger partial charge in [0, 0.05) is 25.8 Å². The molecule has 0 radical (unpaired) electrons. The van der Waals surface area contributed by atoms with Gasteiger partial charge in [0.1, 0.15) is 5.82 Å². The van der Waals surface area contributed by atoms with Crippen molar-refractivity contribution in [2.24, 2.45) is 0 Å². The van der Waals surface area contributed by atoms with Crippen molar-refractivity contribution in [3.05, 3.63) is 59.7 Å². The van der Waals surface area contributed by atoms with E-state index in [-0.39, 0.29) is 11.7 Å². The fourth-order valence-electron chi connectivity index (χ4n) is 3.17. The van der Waals surface area contributed by atoms with E-state index in [0.29, 0.717) is 24.1 Å². The maximum absolute atomic E-state index is 13.6. The number of carbonyl (C=O) groups excluding carboxylic acids is 1. The molecule has 5 heteroatoms. The Morgan fingerprint density at radius 3 is 2.64 bits per heavy atom. The molecule has 0 spiro atoms. The van der Waals surface area contributed by atoms with E-state index in [9.17, 15) is 9.18 Å². The maximum Gasteiger partial charge on any atom is 0.252 e. The Bertz CT molecular complexity index is 712. The molecule has 4 nitrogen and oxygen atoms in total. The van der Waals surface area contributed by atoms with Gasteiger partial charge in [0.2, 0.25) is 0 Å². The number of nitrogens with zero attached hydrogens (tertiary/aromatic N) is 2. The zero-order chi connectivity index (χ0) is 17.5. The summed E-state index contributed by atoms with van der Waals surface area (Å²) in [4.78, 5) is 18.9. The number of hydrogen-bond donors (Lipinski definition) is 1. The van der Waals surface area contributed by atoms with Crippen LogP contribution in [0.4, 0.5) is 10.1 Å². The van der Waals surface area contributed by atoms with Crippen LogP contribution in [0.3, 0.4) is 0 Å². The summed E-state index contributed by atoms with van der Waals surface area (Å²) in [5, 5.41) is 2.85. The molecule has 1 amide bonds. The largest absolute Gasteiger partial charge is 0.370 e. The standard InChI is InChI=1S/C20H24FN3O/c21-19-8-4-3-7-16(19)9-10-23-20(25)17-13-18(15-22-14-17)24-11-5-1-2-6-12-24/h3-4,7-8,13-15H,1-2,5-6,9-12H2,(H,23,25). The van der Waals surface area contributed by atoms with Crippen molar-refractivity contribution in [2.75, 3.05) is 24.5 Å². The van der Waals surface area contributed by atoms with Gasteiger partial charge in [0.05, 0.1) is 17.4 Å². The lowest BCUT2D eigenvalue weighted by Gasteiger charge is -2.22. The van der Waals surface area contributed by atoms with Crippen LogP contribution in [0.2, 0.25) is 0 Å². The van der Waals surface area contributed by atoms with E-state index in [2.05, 4.69) is 15.2 Å². The van der Waals surface area contributed by atoms with Crippen molar-refractivity contribution >= 4 is 11.6 Å². The van der Waals surface area contributed by atoms with Crippen molar-refractivity contribution < 1.29 is 9.18 Å². The van der Waals surface area contributed by atoms with Crippen LogP contribution in [0.15, 0.2) is 42.7 Å². The van der Waals surface area contributed by atoms with Crippen molar-refractivity contribution in [1.82, 2.24) is 10.3 Å². The molecule has 2 heterocycles. The highest BCUT2D eigenvalue weighted by molar-refractivity contribution is 5.94. The molecule has 0 aliphatic carbocycles. The van der Waals surface area contributed by atoms with Crippen molar-refractivity contribution in [3.8, 4) is 0 Å². The molecule has 1 aliphatic heterocycles. The third kappa shape index (κ3) is 4.78. The topological polar surface area (TPSA) is 45.2 Å². The van der Waals surface area contributed by atoms with Crippen LogP contribution in [0, 0.1) is 5.82 Å². The van der Waals surface area contributed by atoms with Crippen LogP contribution >= 0.6 is 0 Å². The van der Waals surface area contributed by atoms with Crippen molar-refractivity contribution in [2.45, 2.75) is 32.1 Å². The molecule has 1 aliphatic rings. The number of aromatic nitrogens is 1. The first-order valence-electron chi connectivity index (χ1n) is 8.95. The minimum atomic E-state index is -0.235. The average Bonchev–Trinajstić information content (AvgIpc) is 2.93. The Hall–Kier alpha value is -2.43. The first-order chi connectivity index (χ1) is 12.2. The molecule has 1 aromatic heterocycles. The number of hydrogen-bond acceptors (Lipinski definition) is 3. The Morgan fingerprint density at radius 1 is 1.12 bits per heavy atom. The van der Waals surface area contributed by atoms with Gasteiger partial charge in [0.25, 0.3) is 5.91 Å². The second kappa shape index (κ2) is 8.60. The van der Waals surface area contributed by atoms with Crippen LogP contribution in [0.25, 0.3) is 0 Å². The zero-order valence-electron chi connectivity index (χ0n) is 14.4. The number of rotatable bonds is 5. The highest BCUT2D eigenvalue weighted by Crippen LogP contribution is 2.19. The molecule has 0 saturated carbocycles. The molecule has 1 saturated heterocycles. The Kier molecular flexibility index (Phi) is 5.99. The van der Waals surface area contributed by atoms with Crippen molar-refractivity contribution in [3.63, 3.8) is 0 Å². The van der Waals surface area contributed by atoms with Crippen LogP contribution < -0.4 is 10.2 Å². The van der Waals surface area contributed by atoms with Gasteiger partial charge in [-0.2, -0.15) is 0 Å². The van der Waals surface area contributed by atoms with Crippen LogP contribution in [-0.4, -0.2) is 30.5 Å². The second-order valence-corrected chi connectivity index (χ2v) is 6.43. The molecule has 2 aromatic rings. The Labute approximate surface area is 148 Å². The summed E-state index contributed by atoms with van der Waals surface area (Å²) < 4.78 is 13.6. The summed E-state index contributed by atoms with van der Waals surface area (Å²) in [6, 6.07) is 8.54. The second-order valence-electron chi connectivity index (χ2n) is 6.43. The molecule has 0 atom stereocenters. The fourth-order valence-corrected chi connectivity index (χ4v) is 3.17. The molecule has 1 aromatic carbocycles. The Morgan fingerprint density at radius 2 is 1.88 bits per heavy atom. The Balaban J connectivity index is 1.58. The third-order valence-electron chi connectivity index (χ3n) is 4.59. The number of amides is 1. The lowest BCUT2D eigenvalue weighted by atomic mass is 10.1. The van der Waals surface area contributed by atoms with Crippen LogP contribution in [0.5, 0.6) is 0 Å². The van der Waals surface area contributed by atoms with Gasteiger partial charge >= 0.3 is 0 Å². The van der Waals surface area contributed by atoms with E-state index in [4.69, 9.17) is 0 Å². The summed E-state index contributed by atoms with van der Waals surface area (Å²) in [5.41, 5.74) is 2.16. The summed E-state index contributed by atoms with van der Waals surface area (Å²) >= 11 is 0. The monoisotopic (exact) mass is 341 g/mol. The first-order valence-corrected chi connectivity index (χ1v) is 8.95. The van der Waals surface area contributed by atoms with Gasteiger partial charge in [-0.15, -0.1) is 0 Å². The molecular formula is C20H24FN3O. The first kappa shape index (κ1) is 17.4. The molecule has 132 valence electrons. The van der Waals surface area contributed by atoms with Gasteiger partial charge in [-0.05, 0) is 37.0 Å². The average molecular weight is 341 g/mol. The fraction of sp³-hybridized carbons (Fsp3) is 0.400. The lowest BCUT2D eigenvalue weighted by Crippen LogP contribution is -2.27. The summed E-state index contributed by atoms with van der Waals surface area (Å²) in [5.74, 6) is -0.401. The molecule has 0 bridgehead atoms. The van der Waals surface area contributed by atoms with Gasteiger partial charge in [-0.3, -0.25) is 9.78 Å². The number of halogens is 1. The number of pyridine rings is 1. The molecule has 25 heavy (non-hydrogen) atoms. The normalized spacial score (nSPS) is 14.8. The predicted molar refractivity (Wildman–Crippen MR) is 97.4 cm³/mol. The summed E-state index contributed by atoms with van der Waals surface area (Å²) in [7, 11) is 0. The number of carbonyl (C=O) groups is 1. The van der Waals surface area contributed by atoms with Gasteiger partial charge in [-0.25, -0.2) is 4.39 Å². The van der Waals surface area contributed by atoms with Crippen LogP contribution in [-0.2, 0) is 6.42 Å². The van der Waals surface area contributed by atoms with Crippen LogP contribution in [0.1, 0.15) is 41.6 Å². The molecule has 1 fully saturated rings. The quantitative estimate of drug-likeness (QED) is 0.904. The maximum atomic E-state index is 13.6. The highest BCUT2D eigenvalue weighted by Gasteiger charge is 2.13. The van der Waals surface area contributed by atoms with E-state index in [0.717, 1.165) is 18.8 Å². The lowest BCUT2D eigenvalue weighted by molar-refractivity contribution is 0.0953. The van der Waals surface area contributed by atoms with E-state index in [1.807, 2.05) is 12.3 Å². The zero-order valence-corrected chi connectivity index (χ0v) is 14.4. The SMILES string of the molecule is O=C(NCCc1ccccc1F)c1cncc(N2CCCCCC2)c1. The predicted octanol–water partition coefficient (Wildman–Crippen LogP) is 3.57. The molecule has 0 unspecified atom stereocenters. The minimum absolute atomic E-state index is 0.166. The van der Waals surface area contributed by atoms with Gasteiger partial charge < -0.3 is 10.2 Å². The smallest absolute Gasteiger partial charge is 0.252 e. The summed E-state index contributed by atoms with van der Waals surface area (Å²) in [6.07, 6.45) is 8.76. The molecular weight excluding hydrogens is 317 g/mol. The van der Waals surface area contributed by atoms with E-state index < -0.39 is 0 Å². The van der Waals surface area contributed by atoms with E-state index in [1.54, 1.807) is 24.4 Å². The minimum Gasteiger partial charge on any atom is -0.370 e. The number of nitrogens with one attached hydrogen (secondary N) is 1. The highest BCUT2D eigenvalue weighted by atomic mass is 19.1. The van der Waals surface area contributed by atoms with Gasteiger partial charge in [-0.1, -0.05) is 31.0 Å². The van der Waals surface area contributed by atoms with Gasteiger partial charge in [0.15, 0.2) is 0 Å². The molecule has 1 N–H and O–H groups in total. The van der Waals surface area contributed by atoms with E-state index >= 15 is 0 Å². The number of benzene rings is 1. The van der Waals surface area contributed by atoms with E-state index in [1.165, 1.54) is 31.7 Å². The molecule has 3 rings (SSSR count).